The Balaban J connectivity index is 2.41. The molecule has 14 heavy (non-hydrogen) atoms. The fourth-order valence-electron chi connectivity index (χ4n) is 2.43. The van der Waals surface area contributed by atoms with Crippen LogP contribution in [0.3, 0.4) is 0 Å². The van der Waals surface area contributed by atoms with Crippen molar-refractivity contribution in [3.63, 3.8) is 0 Å². The van der Waals surface area contributed by atoms with Gasteiger partial charge < -0.3 is 5.73 Å². The molecule has 0 spiro atoms. The van der Waals surface area contributed by atoms with Crippen molar-refractivity contribution in [3.05, 3.63) is 35.1 Å². The second kappa shape index (κ2) is 3.70. The summed E-state index contributed by atoms with van der Waals surface area (Å²) in [4.78, 5) is 0. The Kier molecular flexibility index (Phi) is 2.55. The van der Waals surface area contributed by atoms with E-state index in [0.717, 1.165) is 18.4 Å². The molecule has 0 saturated carbocycles. The molecule has 1 nitrogen and oxygen atoms in total. The first-order valence-corrected chi connectivity index (χ1v) is 5.19. The van der Waals surface area contributed by atoms with E-state index in [-0.39, 0.29) is 5.82 Å². The zero-order chi connectivity index (χ0) is 10.1. The van der Waals surface area contributed by atoms with Crippen LogP contribution in [0.1, 0.15) is 30.4 Å². The van der Waals surface area contributed by atoms with Crippen molar-refractivity contribution in [3.8, 4) is 0 Å². The second-order valence-corrected chi connectivity index (χ2v) is 4.32. The third-order valence-corrected chi connectivity index (χ3v) is 3.09. The molecular weight excluding hydrogens is 177 g/mol. The molecule has 0 radical (unpaired) electrons. The highest BCUT2D eigenvalue weighted by atomic mass is 19.1. The molecule has 0 aromatic heterocycles. The van der Waals surface area contributed by atoms with E-state index in [1.54, 1.807) is 12.1 Å². The second-order valence-electron chi connectivity index (χ2n) is 4.32. The Morgan fingerprint density at radius 3 is 3.00 bits per heavy atom. The molecule has 0 bridgehead atoms. The lowest BCUT2D eigenvalue weighted by atomic mass is 9.77. The minimum atomic E-state index is -0.142. The van der Waals surface area contributed by atoms with Gasteiger partial charge >= 0.3 is 0 Å². The average Bonchev–Trinajstić information content (AvgIpc) is 2.17. The van der Waals surface area contributed by atoms with Crippen LogP contribution in [-0.2, 0) is 6.42 Å². The fourth-order valence-corrected chi connectivity index (χ4v) is 2.43. The lowest BCUT2D eigenvalue weighted by Crippen LogP contribution is -2.22. The Morgan fingerprint density at radius 2 is 2.29 bits per heavy atom. The van der Waals surface area contributed by atoms with Gasteiger partial charge in [-0.05, 0) is 54.5 Å². The molecule has 1 aliphatic rings. The van der Waals surface area contributed by atoms with Crippen LogP contribution in [-0.4, -0.2) is 6.54 Å². The Bertz CT molecular complexity index is 335. The molecule has 2 atom stereocenters. The highest BCUT2D eigenvalue weighted by Crippen LogP contribution is 2.34. The standard InChI is InChI=1S/C12H16FN/c1-8-4-9-2-3-11(13)6-12(9)10(5-8)7-14/h2-3,6,8,10H,4-5,7,14H2,1H3. The Morgan fingerprint density at radius 1 is 1.50 bits per heavy atom. The van der Waals surface area contributed by atoms with Crippen molar-refractivity contribution in [2.75, 3.05) is 6.54 Å². The summed E-state index contributed by atoms with van der Waals surface area (Å²) in [6, 6.07) is 5.10. The van der Waals surface area contributed by atoms with Gasteiger partial charge in [-0.25, -0.2) is 4.39 Å². The molecule has 0 saturated heterocycles. The zero-order valence-electron chi connectivity index (χ0n) is 8.46. The normalized spacial score (nSPS) is 25.9. The topological polar surface area (TPSA) is 26.0 Å². The molecule has 2 N–H and O–H groups in total. The molecule has 2 unspecified atom stereocenters. The highest BCUT2D eigenvalue weighted by molar-refractivity contribution is 5.34. The fraction of sp³-hybridized carbons (Fsp3) is 0.500. The first kappa shape index (κ1) is 9.66. The molecule has 1 aromatic rings. The van der Waals surface area contributed by atoms with Gasteiger partial charge in [-0.1, -0.05) is 13.0 Å². The van der Waals surface area contributed by atoms with E-state index in [9.17, 15) is 4.39 Å². The largest absolute Gasteiger partial charge is 0.330 e. The molecule has 2 heteroatoms. The van der Waals surface area contributed by atoms with Gasteiger partial charge in [0.1, 0.15) is 5.82 Å². The van der Waals surface area contributed by atoms with E-state index in [1.807, 2.05) is 6.07 Å². The van der Waals surface area contributed by atoms with Crippen LogP contribution < -0.4 is 5.73 Å². The van der Waals surface area contributed by atoms with Crippen molar-refractivity contribution in [1.29, 1.82) is 0 Å². The molecule has 0 heterocycles. The average molecular weight is 193 g/mol. The summed E-state index contributed by atoms with van der Waals surface area (Å²) in [5.74, 6) is 0.878. The lowest BCUT2D eigenvalue weighted by Gasteiger charge is -2.28. The first-order valence-electron chi connectivity index (χ1n) is 5.19. The minimum absolute atomic E-state index is 0.142. The summed E-state index contributed by atoms with van der Waals surface area (Å²) in [6.07, 6.45) is 2.15. The van der Waals surface area contributed by atoms with Gasteiger partial charge in [0, 0.05) is 0 Å². The van der Waals surface area contributed by atoms with Crippen LogP contribution >= 0.6 is 0 Å². The van der Waals surface area contributed by atoms with E-state index in [0.29, 0.717) is 18.4 Å². The number of hydrogen-bond acceptors (Lipinski definition) is 1. The molecule has 2 rings (SSSR count). The van der Waals surface area contributed by atoms with Gasteiger partial charge in [0.05, 0.1) is 0 Å². The minimum Gasteiger partial charge on any atom is -0.330 e. The number of fused-ring (bicyclic) bond motifs is 1. The molecule has 1 aliphatic carbocycles. The van der Waals surface area contributed by atoms with Crippen molar-refractivity contribution in [2.45, 2.75) is 25.7 Å². The maximum absolute atomic E-state index is 13.1. The molecule has 0 amide bonds. The van der Waals surface area contributed by atoms with E-state index < -0.39 is 0 Å². The van der Waals surface area contributed by atoms with Gasteiger partial charge in [-0.15, -0.1) is 0 Å². The summed E-state index contributed by atoms with van der Waals surface area (Å²) < 4.78 is 13.1. The molecule has 0 aliphatic heterocycles. The van der Waals surface area contributed by atoms with Crippen LogP contribution in [0.15, 0.2) is 18.2 Å². The van der Waals surface area contributed by atoms with Crippen LogP contribution in [0.2, 0.25) is 0 Å². The maximum atomic E-state index is 13.1. The summed E-state index contributed by atoms with van der Waals surface area (Å²) in [5.41, 5.74) is 8.12. The van der Waals surface area contributed by atoms with Gasteiger partial charge in [0.2, 0.25) is 0 Å². The van der Waals surface area contributed by atoms with Crippen molar-refractivity contribution >= 4 is 0 Å². The number of rotatable bonds is 1. The van der Waals surface area contributed by atoms with Gasteiger partial charge in [0.25, 0.3) is 0 Å². The Hall–Kier alpha value is -0.890. The van der Waals surface area contributed by atoms with Crippen LogP contribution in [0.4, 0.5) is 4.39 Å². The third-order valence-electron chi connectivity index (χ3n) is 3.09. The number of nitrogens with two attached hydrogens (primary N) is 1. The smallest absolute Gasteiger partial charge is 0.123 e. The van der Waals surface area contributed by atoms with Crippen LogP contribution in [0.25, 0.3) is 0 Å². The van der Waals surface area contributed by atoms with Crippen molar-refractivity contribution < 1.29 is 4.39 Å². The maximum Gasteiger partial charge on any atom is 0.123 e. The summed E-state index contributed by atoms with van der Waals surface area (Å²) in [5, 5.41) is 0. The van der Waals surface area contributed by atoms with Gasteiger partial charge in [-0.2, -0.15) is 0 Å². The van der Waals surface area contributed by atoms with Crippen LogP contribution in [0, 0.1) is 11.7 Å². The van der Waals surface area contributed by atoms with Gasteiger partial charge in [-0.3, -0.25) is 0 Å². The van der Waals surface area contributed by atoms with Gasteiger partial charge in [0.15, 0.2) is 0 Å². The Labute approximate surface area is 84.1 Å². The highest BCUT2D eigenvalue weighted by Gasteiger charge is 2.23. The number of benzene rings is 1. The predicted octanol–water partition coefficient (Wildman–Crippen LogP) is 2.45. The third kappa shape index (κ3) is 1.67. The first-order chi connectivity index (χ1) is 6.70. The van der Waals surface area contributed by atoms with Crippen LogP contribution in [0.5, 0.6) is 0 Å². The SMILES string of the molecule is CC1Cc2ccc(F)cc2C(CN)C1. The summed E-state index contributed by atoms with van der Waals surface area (Å²) in [6.45, 7) is 2.86. The zero-order valence-corrected chi connectivity index (χ0v) is 8.46. The van der Waals surface area contributed by atoms with E-state index >= 15 is 0 Å². The number of hydrogen-bond donors (Lipinski definition) is 1. The van der Waals surface area contributed by atoms with E-state index in [1.165, 1.54) is 5.56 Å². The van der Waals surface area contributed by atoms with E-state index in [2.05, 4.69) is 6.92 Å². The monoisotopic (exact) mass is 193 g/mol. The van der Waals surface area contributed by atoms with Crippen molar-refractivity contribution in [1.82, 2.24) is 0 Å². The quantitative estimate of drug-likeness (QED) is 0.728. The van der Waals surface area contributed by atoms with E-state index in [4.69, 9.17) is 5.73 Å². The lowest BCUT2D eigenvalue weighted by molar-refractivity contribution is 0.433. The summed E-state index contributed by atoms with van der Waals surface area (Å²) in [7, 11) is 0. The number of halogens is 1. The summed E-state index contributed by atoms with van der Waals surface area (Å²) >= 11 is 0. The molecule has 0 fully saturated rings. The molecule has 76 valence electrons. The van der Waals surface area contributed by atoms with Crippen molar-refractivity contribution in [2.24, 2.45) is 11.7 Å². The molecule has 1 aromatic carbocycles. The molecular formula is C12H16FN. The predicted molar refractivity (Wildman–Crippen MR) is 55.7 cm³/mol.